The maximum Gasteiger partial charge on any atom is 0.416 e. The van der Waals surface area contributed by atoms with Gasteiger partial charge < -0.3 is 15.2 Å². The molecule has 0 fully saturated rings. The molecule has 0 radical (unpaired) electrons. The van der Waals surface area contributed by atoms with Crippen molar-refractivity contribution in [2.24, 2.45) is 0 Å². The lowest BCUT2D eigenvalue weighted by atomic mass is 10.0. The minimum Gasteiger partial charge on any atom is -0.476 e. The van der Waals surface area contributed by atoms with E-state index in [-0.39, 0.29) is 22.5 Å². The summed E-state index contributed by atoms with van der Waals surface area (Å²) in [5.74, 6) is -0.394. The van der Waals surface area contributed by atoms with Crippen LogP contribution >= 0.6 is 0 Å². The van der Waals surface area contributed by atoms with Crippen LogP contribution < -0.4 is 10.1 Å². The average molecular weight is 357 g/mol. The van der Waals surface area contributed by atoms with E-state index in [4.69, 9.17) is 4.74 Å². The van der Waals surface area contributed by atoms with Crippen LogP contribution in [0.4, 0.5) is 24.5 Å². The van der Waals surface area contributed by atoms with Gasteiger partial charge in [-0.1, -0.05) is 0 Å². The van der Waals surface area contributed by atoms with Gasteiger partial charge in [0, 0.05) is 18.3 Å². The molecule has 7 nitrogen and oxygen atoms in total. The third-order valence-electron chi connectivity index (χ3n) is 3.43. The number of hydrogen-bond acceptors (Lipinski definition) is 6. The Morgan fingerprint density at radius 2 is 2.00 bits per heavy atom. The van der Waals surface area contributed by atoms with Crippen molar-refractivity contribution in [2.45, 2.75) is 12.8 Å². The molecule has 0 saturated carbocycles. The summed E-state index contributed by atoms with van der Waals surface area (Å²) in [4.78, 5) is 14.3. The fourth-order valence-corrected chi connectivity index (χ4v) is 2.25. The number of pyridine rings is 1. The molecule has 2 aromatic rings. The Balaban J connectivity index is 2.72. The molecule has 1 aromatic heterocycles. The highest BCUT2D eigenvalue weighted by atomic mass is 19.4. The Bertz CT molecular complexity index is 784. The Labute approximate surface area is 140 Å². The maximum absolute atomic E-state index is 13.1. The SMILES string of the molecule is CNc1cc(-c2cc(CO)c([N+](=O)[O-])c(OC)n2)cc(C(F)(F)F)c1. The van der Waals surface area contributed by atoms with E-state index in [9.17, 15) is 28.4 Å². The lowest BCUT2D eigenvalue weighted by Crippen LogP contribution is -2.07. The number of aliphatic hydroxyl groups is 1. The molecule has 10 heteroatoms. The zero-order valence-electron chi connectivity index (χ0n) is 13.2. The van der Waals surface area contributed by atoms with Crippen molar-refractivity contribution in [1.29, 1.82) is 0 Å². The van der Waals surface area contributed by atoms with E-state index in [0.717, 1.165) is 25.3 Å². The Kier molecular flexibility index (Phi) is 5.12. The number of ether oxygens (including phenoxy) is 1. The second kappa shape index (κ2) is 6.93. The quantitative estimate of drug-likeness (QED) is 0.630. The van der Waals surface area contributed by atoms with Crippen molar-refractivity contribution in [3.8, 4) is 17.1 Å². The maximum atomic E-state index is 13.1. The van der Waals surface area contributed by atoms with Crippen molar-refractivity contribution in [2.75, 3.05) is 19.5 Å². The molecule has 0 bridgehead atoms. The molecule has 0 unspecified atom stereocenters. The molecule has 0 atom stereocenters. The van der Waals surface area contributed by atoms with E-state index in [1.54, 1.807) is 0 Å². The van der Waals surface area contributed by atoms with E-state index < -0.39 is 34.8 Å². The zero-order valence-corrected chi connectivity index (χ0v) is 13.2. The summed E-state index contributed by atoms with van der Waals surface area (Å²) in [6, 6.07) is 4.37. The molecule has 1 heterocycles. The van der Waals surface area contributed by atoms with Gasteiger partial charge in [-0.25, -0.2) is 4.98 Å². The molecule has 0 aliphatic heterocycles. The predicted molar refractivity (Wildman–Crippen MR) is 83.4 cm³/mol. The van der Waals surface area contributed by atoms with Gasteiger partial charge in [0.05, 0.1) is 35.5 Å². The van der Waals surface area contributed by atoms with Crippen molar-refractivity contribution in [3.63, 3.8) is 0 Å². The second-order valence-corrected chi connectivity index (χ2v) is 4.99. The van der Waals surface area contributed by atoms with Gasteiger partial charge in [-0.05, 0) is 24.3 Å². The van der Waals surface area contributed by atoms with Gasteiger partial charge in [-0.2, -0.15) is 13.2 Å². The number of nitro groups is 1. The molecule has 2 N–H and O–H groups in total. The largest absolute Gasteiger partial charge is 0.476 e. The number of aromatic nitrogens is 1. The van der Waals surface area contributed by atoms with Gasteiger partial charge >= 0.3 is 11.9 Å². The second-order valence-electron chi connectivity index (χ2n) is 4.99. The van der Waals surface area contributed by atoms with Crippen LogP contribution in [0.1, 0.15) is 11.1 Å². The van der Waals surface area contributed by atoms with Gasteiger partial charge in [-0.15, -0.1) is 0 Å². The molecular weight excluding hydrogens is 343 g/mol. The number of alkyl halides is 3. The van der Waals surface area contributed by atoms with Crippen molar-refractivity contribution >= 4 is 11.4 Å². The van der Waals surface area contributed by atoms with E-state index in [2.05, 4.69) is 10.3 Å². The van der Waals surface area contributed by atoms with E-state index >= 15 is 0 Å². The highest BCUT2D eigenvalue weighted by Crippen LogP contribution is 2.37. The van der Waals surface area contributed by atoms with Crippen LogP contribution in [-0.2, 0) is 12.8 Å². The Morgan fingerprint density at radius 3 is 2.48 bits per heavy atom. The fraction of sp³-hybridized carbons (Fsp3) is 0.267. The van der Waals surface area contributed by atoms with Crippen molar-refractivity contribution in [1.82, 2.24) is 4.98 Å². The number of halogens is 3. The number of nitrogens with zero attached hydrogens (tertiary/aromatic N) is 2. The van der Waals surface area contributed by atoms with Crippen LogP contribution in [0.3, 0.4) is 0 Å². The molecular formula is C15H14F3N3O4. The van der Waals surface area contributed by atoms with Crippen LogP contribution in [0.5, 0.6) is 5.88 Å². The molecule has 0 amide bonds. The fourth-order valence-electron chi connectivity index (χ4n) is 2.25. The zero-order chi connectivity index (χ0) is 18.8. The lowest BCUT2D eigenvalue weighted by Gasteiger charge is -2.13. The number of nitrogens with one attached hydrogen (secondary N) is 1. The topological polar surface area (TPSA) is 97.5 Å². The predicted octanol–water partition coefficient (Wildman–Crippen LogP) is 3.22. The molecule has 2 rings (SSSR count). The summed E-state index contributed by atoms with van der Waals surface area (Å²) in [6.45, 7) is -0.694. The molecule has 0 spiro atoms. The number of hydrogen-bond donors (Lipinski definition) is 2. The van der Waals surface area contributed by atoms with Crippen LogP contribution in [0.15, 0.2) is 24.3 Å². The molecule has 0 saturated heterocycles. The first-order chi connectivity index (χ1) is 11.7. The number of aliphatic hydroxyl groups excluding tert-OH is 1. The van der Waals surface area contributed by atoms with Crippen LogP contribution in [-0.4, -0.2) is 29.2 Å². The van der Waals surface area contributed by atoms with Crippen LogP contribution in [0, 0.1) is 10.1 Å². The van der Waals surface area contributed by atoms with Gasteiger partial charge in [0.15, 0.2) is 0 Å². The monoisotopic (exact) mass is 357 g/mol. The number of benzene rings is 1. The molecule has 1 aromatic carbocycles. The summed E-state index contributed by atoms with van der Waals surface area (Å²) in [5, 5.41) is 23.1. The van der Waals surface area contributed by atoms with E-state index in [0.29, 0.717) is 0 Å². The first-order valence-electron chi connectivity index (χ1n) is 6.94. The van der Waals surface area contributed by atoms with Crippen LogP contribution in [0.2, 0.25) is 0 Å². The molecule has 134 valence electrons. The molecule has 0 aliphatic rings. The van der Waals surface area contributed by atoms with Crippen molar-refractivity contribution in [3.05, 3.63) is 45.5 Å². The Hall–Kier alpha value is -2.88. The first-order valence-corrected chi connectivity index (χ1v) is 6.94. The molecule has 25 heavy (non-hydrogen) atoms. The lowest BCUT2D eigenvalue weighted by molar-refractivity contribution is -0.387. The van der Waals surface area contributed by atoms with Gasteiger partial charge in [0.1, 0.15) is 0 Å². The smallest absolute Gasteiger partial charge is 0.416 e. The first kappa shape index (κ1) is 18.5. The number of methoxy groups -OCH3 is 1. The van der Waals surface area contributed by atoms with Crippen molar-refractivity contribution < 1.29 is 27.9 Å². The van der Waals surface area contributed by atoms with E-state index in [1.807, 2.05) is 0 Å². The minimum absolute atomic E-state index is 0.00843. The summed E-state index contributed by atoms with van der Waals surface area (Å²) in [5.41, 5.74) is -1.28. The van der Waals surface area contributed by atoms with Gasteiger partial charge in [-0.3, -0.25) is 10.1 Å². The van der Waals surface area contributed by atoms with Crippen LogP contribution in [0.25, 0.3) is 11.3 Å². The third kappa shape index (κ3) is 3.79. The highest BCUT2D eigenvalue weighted by molar-refractivity contribution is 5.70. The summed E-state index contributed by atoms with van der Waals surface area (Å²) >= 11 is 0. The number of rotatable bonds is 5. The normalized spacial score (nSPS) is 11.3. The summed E-state index contributed by atoms with van der Waals surface area (Å²) in [6.07, 6.45) is -4.58. The Morgan fingerprint density at radius 1 is 1.32 bits per heavy atom. The summed E-state index contributed by atoms with van der Waals surface area (Å²) in [7, 11) is 2.60. The van der Waals surface area contributed by atoms with Gasteiger partial charge in [0.2, 0.25) is 0 Å². The third-order valence-corrected chi connectivity index (χ3v) is 3.43. The standard InChI is InChI=1S/C15H14F3N3O4/c1-19-11-4-8(3-10(6-11)15(16,17)18)12-5-9(7-22)13(21(23)24)14(20-12)25-2/h3-6,19,22H,7H2,1-2H3. The number of anilines is 1. The van der Waals surface area contributed by atoms with Gasteiger partial charge in [0.25, 0.3) is 5.88 Å². The highest BCUT2D eigenvalue weighted by Gasteiger charge is 2.32. The summed E-state index contributed by atoms with van der Waals surface area (Å²) < 4.78 is 44.0. The molecule has 0 aliphatic carbocycles. The minimum atomic E-state index is -4.58. The van der Waals surface area contributed by atoms with E-state index in [1.165, 1.54) is 13.1 Å². The average Bonchev–Trinajstić information content (AvgIpc) is 2.58.